The van der Waals surface area contributed by atoms with E-state index >= 15 is 0 Å². The molecule has 0 aliphatic carbocycles. The highest BCUT2D eigenvalue weighted by atomic mass is 19.4. The van der Waals surface area contributed by atoms with Crippen molar-refractivity contribution in [1.82, 2.24) is 10.3 Å². The van der Waals surface area contributed by atoms with E-state index in [0.717, 1.165) is 12.3 Å². The van der Waals surface area contributed by atoms with Gasteiger partial charge in [-0.25, -0.2) is 9.37 Å². The van der Waals surface area contributed by atoms with E-state index < -0.39 is 35.8 Å². The van der Waals surface area contributed by atoms with E-state index in [0.29, 0.717) is 0 Å². The van der Waals surface area contributed by atoms with Gasteiger partial charge in [0.2, 0.25) is 5.95 Å². The normalized spacial score (nSPS) is 11.4. The van der Waals surface area contributed by atoms with Gasteiger partial charge in [-0.1, -0.05) is 0 Å². The Bertz CT molecular complexity index is 447. The van der Waals surface area contributed by atoms with E-state index in [9.17, 15) is 26.7 Å². The maximum atomic E-state index is 13.1. The van der Waals surface area contributed by atoms with Crippen LogP contribution in [0, 0.1) is 11.8 Å². The minimum absolute atomic E-state index is 0.0434. The number of halogens is 5. The topological polar surface area (TPSA) is 42.0 Å². The molecule has 0 spiro atoms. The standard InChI is InChI=1S/C11H11F5N2O/c12-8-7(3-6-17-9(8)13)10(19)18-5-2-1-4-11(14,15)16/h3,6H,1-2,4-5H2,(H,18,19). The van der Waals surface area contributed by atoms with Crippen molar-refractivity contribution in [3.63, 3.8) is 0 Å². The second-order valence-electron chi connectivity index (χ2n) is 3.79. The average molecular weight is 282 g/mol. The van der Waals surface area contributed by atoms with Gasteiger partial charge >= 0.3 is 6.18 Å². The minimum Gasteiger partial charge on any atom is -0.352 e. The maximum absolute atomic E-state index is 13.1. The first-order valence-electron chi connectivity index (χ1n) is 5.46. The monoisotopic (exact) mass is 282 g/mol. The molecule has 0 radical (unpaired) electrons. The summed E-state index contributed by atoms with van der Waals surface area (Å²) in [6.45, 7) is -0.0434. The van der Waals surface area contributed by atoms with Crippen molar-refractivity contribution in [2.24, 2.45) is 0 Å². The van der Waals surface area contributed by atoms with Gasteiger partial charge in [-0.3, -0.25) is 4.79 Å². The van der Waals surface area contributed by atoms with Gasteiger partial charge in [-0.2, -0.15) is 17.6 Å². The first-order chi connectivity index (χ1) is 8.81. The van der Waals surface area contributed by atoms with Crippen LogP contribution in [0.3, 0.4) is 0 Å². The third-order valence-electron chi connectivity index (χ3n) is 2.26. The molecule has 0 saturated carbocycles. The molecule has 1 rings (SSSR count). The summed E-state index contributed by atoms with van der Waals surface area (Å²) in [4.78, 5) is 14.4. The van der Waals surface area contributed by atoms with Crippen LogP contribution in [-0.4, -0.2) is 23.6 Å². The van der Waals surface area contributed by atoms with Crippen molar-refractivity contribution in [2.45, 2.75) is 25.4 Å². The van der Waals surface area contributed by atoms with Gasteiger partial charge in [-0.15, -0.1) is 0 Å². The Morgan fingerprint density at radius 2 is 1.95 bits per heavy atom. The van der Waals surface area contributed by atoms with Crippen molar-refractivity contribution in [2.75, 3.05) is 6.54 Å². The Hall–Kier alpha value is -1.73. The number of aromatic nitrogens is 1. The summed E-state index contributed by atoms with van der Waals surface area (Å²) < 4.78 is 61.3. The average Bonchev–Trinajstić information content (AvgIpc) is 2.30. The van der Waals surface area contributed by atoms with Crippen molar-refractivity contribution in [1.29, 1.82) is 0 Å². The lowest BCUT2D eigenvalue weighted by Crippen LogP contribution is -2.26. The second-order valence-corrected chi connectivity index (χ2v) is 3.79. The van der Waals surface area contributed by atoms with E-state index in [-0.39, 0.29) is 19.4 Å². The van der Waals surface area contributed by atoms with E-state index in [1.165, 1.54) is 0 Å². The van der Waals surface area contributed by atoms with Gasteiger partial charge in [0.1, 0.15) is 0 Å². The molecule has 8 heteroatoms. The molecule has 1 aromatic heterocycles. The Morgan fingerprint density at radius 1 is 1.26 bits per heavy atom. The number of carbonyl (C=O) groups excluding carboxylic acids is 1. The Morgan fingerprint density at radius 3 is 2.58 bits per heavy atom. The third-order valence-corrected chi connectivity index (χ3v) is 2.26. The van der Waals surface area contributed by atoms with Crippen LogP contribution in [0.5, 0.6) is 0 Å². The molecule has 0 aliphatic heterocycles. The zero-order valence-electron chi connectivity index (χ0n) is 9.73. The summed E-state index contributed by atoms with van der Waals surface area (Å²) in [7, 11) is 0. The fraction of sp³-hybridized carbons (Fsp3) is 0.455. The van der Waals surface area contributed by atoms with Crippen LogP contribution in [0.1, 0.15) is 29.6 Å². The second kappa shape index (κ2) is 6.44. The highest BCUT2D eigenvalue weighted by Gasteiger charge is 2.25. The largest absolute Gasteiger partial charge is 0.389 e. The fourth-order valence-corrected chi connectivity index (χ4v) is 1.34. The van der Waals surface area contributed by atoms with Crippen molar-refractivity contribution >= 4 is 5.91 Å². The van der Waals surface area contributed by atoms with Crippen LogP contribution in [-0.2, 0) is 0 Å². The van der Waals surface area contributed by atoms with Gasteiger partial charge in [-0.05, 0) is 18.9 Å². The van der Waals surface area contributed by atoms with Gasteiger partial charge in [0.25, 0.3) is 5.91 Å². The summed E-state index contributed by atoms with van der Waals surface area (Å²) in [5, 5.41) is 2.21. The highest BCUT2D eigenvalue weighted by Crippen LogP contribution is 2.21. The smallest absolute Gasteiger partial charge is 0.352 e. The molecule has 0 aromatic carbocycles. The number of nitrogens with zero attached hydrogens (tertiary/aromatic N) is 1. The predicted octanol–water partition coefficient (Wildman–Crippen LogP) is 2.82. The third kappa shape index (κ3) is 5.19. The molecule has 1 aromatic rings. The Labute approximate surface area is 105 Å². The zero-order valence-corrected chi connectivity index (χ0v) is 9.73. The lowest BCUT2D eigenvalue weighted by atomic mass is 10.2. The summed E-state index contributed by atoms with van der Waals surface area (Å²) in [5.74, 6) is -3.66. The molecule has 19 heavy (non-hydrogen) atoms. The summed E-state index contributed by atoms with van der Waals surface area (Å²) in [6, 6.07) is 0.990. The number of hydrogen-bond acceptors (Lipinski definition) is 2. The van der Waals surface area contributed by atoms with Crippen molar-refractivity contribution in [3.05, 3.63) is 29.6 Å². The number of nitrogens with one attached hydrogen (secondary N) is 1. The van der Waals surface area contributed by atoms with Crippen LogP contribution < -0.4 is 5.32 Å². The van der Waals surface area contributed by atoms with Crippen LogP contribution >= 0.6 is 0 Å². The van der Waals surface area contributed by atoms with Crippen LogP contribution in [0.25, 0.3) is 0 Å². The number of alkyl halides is 3. The molecule has 0 unspecified atom stereocenters. The Kier molecular flexibility index (Phi) is 5.20. The van der Waals surface area contributed by atoms with Crippen LogP contribution in [0.4, 0.5) is 22.0 Å². The molecule has 106 valence electrons. The number of unbranched alkanes of at least 4 members (excludes halogenated alkanes) is 1. The van der Waals surface area contributed by atoms with Crippen LogP contribution in [0.15, 0.2) is 12.3 Å². The molecule has 0 aliphatic rings. The van der Waals surface area contributed by atoms with Gasteiger partial charge < -0.3 is 5.32 Å². The Balaban J connectivity index is 2.38. The van der Waals surface area contributed by atoms with E-state index in [2.05, 4.69) is 10.3 Å². The zero-order chi connectivity index (χ0) is 14.5. The van der Waals surface area contributed by atoms with E-state index in [1.807, 2.05) is 0 Å². The molecule has 1 amide bonds. The van der Waals surface area contributed by atoms with Gasteiger partial charge in [0.15, 0.2) is 5.82 Å². The lowest BCUT2D eigenvalue weighted by molar-refractivity contribution is -0.135. The minimum atomic E-state index is -4.23. The van der Waals surface area contributed by atoms with Crippen molar-refractivity contribution < 1.29 is 26.7 Å². The summed E-state index contributed by atoms with van der Waals surface area (Å²) >= 11 is 0. The first-order valence-corrected chi connectivity index (χ1v) is 5.46. The van der Waals surface area contributed by atoms with Gasteiger partial charge in [0.05, 0.1) is 5.56 Å². The number of carbonyl (C=O) groups is 1. The fourth-order valence-electron chi connectivity index (χ4n) is 1.34. The number of hydrogen-bond donors (Lipinski definition) is 1. The number of pyridine rings is 1. The SMILES string of the molecule is O=C(NCCCCC(F)(F)F)c1ccnc(F)c1F. The predicted molar refractivity (Wildman–Crippen MR) is 56.4 cm³/mol. The van der Waals surface area contributed by atoms with E-state index in [1.54, 1.807) is 0 Å². The van der Waals surface area contributed by atoms with Crippen molar-refractivity contribution in [3.8, 4) is 0 Å². The number of rotatable bonds is 5. The molecule has 3 nitrogen and oxygen atoms in total. The molecule has 1 heterocycles. The van der Waals surface area contributed by atoms with E-state index in [4.69, 9.17) is 0 Å². The molecular formula is C11H11F5N2O. The highest BCUT2D eigenvalue weighted by molar-refractivity contribution is 5.94. The molecule has 0 fully saturated rings. The lowest BCUT2D eigenvalue weighted by Gasteiger charge is -2.07. The van der Waals surface area contributed by atoms with Gasteiger partial charge in [0, 0.05) is 19.2 Å². The molecule has 0 saturated heterocycles. The quantitative estimate of drug-likeness (QED) is 0.512. The molecule has 0 bridgehead atoms. The molecular weight excluding hydrogens is 271 g/mol. The summed E-state index contributed by atoms with van der Waals surface area (Å²) in [5.41, 5.74) is -0.525. The van der Waals surface area contributed by atoms with Crippen LogP contribution in [0.2, 0.25) is 0 Å². The first kappa shape index (κ1) is 15.3. The maximum Gasteiger partial charge on any atom is 0.389 e. The molecule has 1 N–H and O–H groups in total. The number of amides is 1. The summed E-state index contributed by atoms with van der Waals surface area (Å²) in [6.07, 6.45) is -4.29. The molecule has 0 atom stereocenters.